The topological polar surface area (TPSA) is 110 Å². The average molecular weight is 452 g/mol. The van der Waals surface area contributed by atoms with Crippen molar-refractivity contribution < 1.29 is 14.1 Å². The Morgan fingerprint density at radius 3 is 2.69 bits per heavy atom. The van der Waals surface area contributed by atoms with Crippen LogP contribution in [0, 0.1) is 5.92 Å². The maximum Gasteiger partial charge on any atom is 0.292 e. The molecule has 0 atom stereocenters. The standard InChI is InChI=1S/C23H22ClN5O3/c1-23(7-8-23)22-28-19(29-32-22)21(31)26-12-16-5-4-14(10-17(16)24)15-6-9-25-18(11-15)27-20(30)13-2-3-13/h4-6,9-11,13H,2-3,7-8,12H2,1H3,(H,26,31)(H,25,27,30). The number of hydrogen-bond donors (Lipinski definition) is 2. The van der Waals surface area contributed by atoms with Crippen molar-refractivity contribution in [2.24, 2.45) is 5.92 Å². The fourth-order valence-electron chi connectivity index (χ4n) is 3.34. The van der Waals surface area contributed by atoms with Crippen LogP contribution in [0.15, 0.2) is 41.1 Å². The normalized spacial score (nSPS) is 16.4. The van der Waals surface area contributed by atoms with Gasteiger partial charge in [-0.1, -0.05) is 35.8 Å². The first-order valence-electron chi connectivity index (χ1n) is 10.6. The van der Waals surface area contributed by atoms with Crippen LogP contribution >= 0.6 is 11.6 Å². The van der Waals surface area contributed by atoms with Gasteiger partial charge in [0.15, 0.2) is 0 Å². The molecule has 1 aromatic carbocycles. The van der Waals surface area contributed by atoms with Gasteiger partial charge in [-0.2, -0.15) is 4.98 Å². The van der Waals surface area contributed by atoms with Gasteiger partial charge in [0.25, 0.3) is 11.7 Å². The van der Waals surface area contributed by atoms with Crippen molar-refractivity contribution in [2.75, 3.05) is 5.32 Å². The number of hydrogen-bond acceptors (Lipinski definition) is 6. The van der Waals surface area contributed by atoms with Crippen molar-refractivity contribution in [3.8, 4) is 11.1 Å². The summed E-state index contributed by atoms with van der Waals surface area (Å²) in [6.07, 6.45) is 5.51. The molecule has 2 N–H and O–H groups in total. The Kier molecular flexibility index (Phi) is 5.17. The van der Waals surface area contributed by atoms with E-state index in [9.17, 15) is 9.59 Å². The zero-order chi connectivity index (χ0) is 22.3. The summed E-state index contributed by atoms with van der Waals surface area (Å²) in [6.45, 7) is 2.27. The second-order valence-corrected chi connectivity index (χ2v) is 9.07. The van der Waals surface area contributed by atoms with E-state index >= 15 is 0 Å². The summed E-state index contributed by atoms with van der Waals surface area (Å²) in [5.41, 5.74) is 2.45. The van der Waals surface area contributed by atoms with Gasteiger partial charge < -0.3 is 15.2 Å². The van der Waals surface area contributed by atoms with Crippen molar-refractivity contribution in [3.63, 3.8) is 0 Å². The Labute approximate surface area is 189 Å². The van der Waals surface area contributed by atoms with E-state index in [0.717, 1.165) is 42.4 Å². The molecular formula is C23H22ClN5O3. The molecule has 2 heterocycles. The first kappa shape index (κ1) is 20.6. The predicted octanol–water partition coefficient (Wildman–Crippen LogP) is 4.12. The molecular weight excluding hydrogens is 430 g/mol. The van der Waals surface area contributed by atoms with Crippen LogP contribution in [0.25, 0.3) is 11.1 Å². The molecule has 2 fully saturated rings. The number of nitrogens with one attached hydrogen (secondary N) is 2. The Morgan fingerprint density at radius 1 is 1.19 bits per heavy atom. The first-order chi connectivity index (χ1) is 15.4. The van der Waals surface area contributed by atoms with Gasteiger partial charge in [0.05, 0.1) is 0 Å². The molecule has 0 bridgehead atoms. The summed E-state index contributed by atoms with van der Waals surface area (Å²) in [5, 5.41) is 9.94. The van der Waals surface area contributed by atoms with E-state index in [1.165, 1.54) is 0 Å². The van der Waals surface area contributed by atoms with Crippen LogP contribution in [-0.2, 0) is 16.8 Å². The van der Waals surface area contributed by atoms with Crippen LogP contribution in [0.1, 0.15) is 54.7 Å². The smallest absolute Gasteiger partial charge is 0.292 e. The number of benzene rings is 1. The highest BCUT2D eigenvalue weighted by Gasteiger charge is 2.44. The van der Waals surface area contributed by atoms with Crippen molar-refractivity contribution in [1.29, 1.82) is 0 Å². The van der Waals surface area contributed by atoms with Crippen molar-refractivity contribution in [1.82, 2.24) is 20.4 Å². The van der Waals surface area contributed by atoms with E-state index in [0.29, 0.717) is 16.7 Å². The molecule has 0 saturated heterocycles. The molecule has 2 aliphatic rings. The Bertz CT molecular complexity index is 1200. The van der Waals surface area contributed by atoms with Gasteiger partial charge in [0.1, 0.15) is 5.82 Å². The summed E-state index contributed by atoms with van der Waals surface area (Å²) in [4.78, 5) is 32.8. The lowest BCUT2D eigenvalue weighted by Crippen LogP contribution is -2.24. The summed E-state index contributed by atoms with van der Waals surface area (Å²) >= 11 is 6.47. The molecule has 32 heavy (non-hydrogen) atoms. The van der Waals surface area contributed by atoms with Crippen molar-refractivity contribution in [2.45, 2.75) is 44.6 Å². The lowest BCUT2D eigenvalue weighted by molar-refractivity contribution is -0.117. The quantitative estimate of drug-likeness (QED) is 0.559. The monoisotopic (exact) mass is 451 g/mol. The Morgan fingerprint density at radius 2 is 1.97 bits per heavy atom. The fourth-order valence-corrected chi connectivity index (χ4v) is 3.59. The highest BCUT2D eigenvalue weighted by Crippen LogP contribution is 2.46. The molecule has 0 aliphatic heterocycles. The summed E-state index contributed by atoms with van der Waals surface area (Å²) in [5.74, 6) is 0.772. The number of halogens is 1. The second kappa shape index (κ2) is 8.02. The summed E-state index contributed by atoms with van der Waals surface area (Å²) in [6, 6.07) is 9.27. The third kappa shape index (κ3) is 4.36. The van der Waals surface area contributed by atoms with Gasteiger partial charge in [0.2, 0.25) is 11.8 Å². The fraction of sp³-hybridized carbons (Fsp3) is 0.348. The molecule has 0 spiro atoms. The van der Waals surface area contributed by atoms with Crippen molar-refractivity contribution >= 4 is 29.2 Å². The van der Waals surface area contributed by atoms with E-state index in [1.807, 2.05) is 37.3 Å². The maximum atomic E-state index is 12.4. The molecule has 2 saturated carbocycles. The number of nitrogens with zero attached hydrogens (tertiary/aromatic N) is 3. The Hall–Kier alpha value is -3.26. The SMILES string of the molecule is CC1(c2nc(C(=O)NCc3ccc(-c4ccnc(NC(=O)C5CC5)c4)cc3Cl)no2)CC1. The largest absolute Gasteiger partial charge is 0.345 e. The lowest BCUT2D eigenvalue weighted by atomic mass is 10.0. The maximum absolute atomic E-state index is 12.4. The predicted molar refractivity (Wildman–Crippen MR) is 118 cm³/mol. The molecule has 0 unspecified atom stereocenters. The third-order valence-electron chi connectivity index (χ3n) is 5.93. The van der Waals surface area contributed by atoms with Crippen LogP contribution in [0.5, 0.6) is 0 Å². The summed E-state index contributed by atoms with van der Waals surface area (Å²) < 4.78 is 5.22. The average Bonchev–Trinajstić information content (AvgIpc) is 3.71. The van der Waals surface area contributed by atoms with Crippen LogP contribution in [0.4, 0.5) is 5.82 Å². The van der Waals surface area contributed by atoms with Crippen LogP contribution in [-0.4, -0.2) is 26.9 Å². The molecule has 0 radical (unpaired) electrons. The molecule has 8 nitrogen and oxygen atoms in total. The van der Waals surface area contributed by atoms with Crippen molar-refractivity contribution in [3.05, 3.63) is 58.8 Å². The van der Waals surface area contributed by atoms with Crippen LogP contribution in [0.2, 0.25) is 5.02 Å². The van der Waals surface area contributed by atoms with Gasteiger partial charge in [-0.25, -0.2) is 4.98 Å². The molecule has 2 aliphatic carbocycles. The molecule has 2 amide bonds. The van der Waals surface area contributed by atoms with E-state index in [4.69, 9.17) is 16.1 Å². The molecule has 164 valence electrons. The van der Waals surface area contributed by atoms with Gasteiger partial charge in [-0.05, 0) is 60.6 Å². The highest BCUT2D eigenvalue weighted by atomic mass is 35.5. The zero-order valence-electron chi connectivity index (χ0n) is 17.5. The summed E-state index contributed by atoms with van der Waals surface area (Å²) in [7, 11) is 0. The zero-order valence-corrected chi connectivity index (χ0v) is 18.3. The lowest BCUT2D eigenvalue weighted by Gasteiger charge is -2.10. The van der Waals surface area contributed by atoms with E-state index in [-0.39, 0.29) is 29.6 Å². The minimum absolute atomic E-state index is 0.0127. The highest BCUT2D eigenvalue weighted by molar-refractivity contribution is 6.31. The number of aromatic nitrogens is 3. The minimum Gasteiger partial charge on any atom is -0.345 e. The van der Waals surface area contributed by atoms with Gasteiger partial charge in [0, 0.05) is 29.1 Å². The molecule has 3 aromatic rings. The van der Waals surface area contributed by atoms with Gasteiger partial charge in [-0.15, -0.1) is 0 Å². The number of carbonyl (C=O) groups is 2. The van der Waals surface area contributed by atoms with Crippen LogP contribution < -0.4 is 10.6 Å². The molecule has 5 rings (SSSR count). The second-order valence-electron chi connectivity index (χ2n) is 8.67. The number of rotatable bonds is 7. The first-order valence-corrected chi connectivity index (χ1v) is 11.0. The number of pyridine rings is 1. The number of carbonyl (C=O) groups excluding carboxylic acids is 2. The molecule has 9 heteroatoms. The Balaban J connectivity index is 1.24. The third-order valence-corrected chi connectivity index (χ3v) is 6.28. The van der Waals surface area contributed by atoms with Gasteiger partial charge >= 0.3 is 0 Å². The number of amides is 2. The minimum atomic E-state index is -0.408. The number of anilines is 1. The van der Waals surface area contributed by atoms with E-state index in [1.54, 1.807) is 6.20 Å². The van der Waals surface area contributed by atoms with Crippen LogP contribution in [0.3, 0.4) is 0 Å². The molecule has 2 aromatic heterocycles. The van der Waals surface area contributed by atoms with E-state index < -0.39 is 5.91 Å². The van der Waals surface area contributed by atoms with Gasteiger partial charge in [-0.3, -0.25) is 9.59 Å². The van der Waals surface area contributed by atoms with E-state index in [2.05, 4.69) is 25.8 Å².